The smallest absolute Gasteiger partial charge is 0.278 e. The highest BCUT2D eigenvalue weighted by molar-refractivity contribution is 5.79. The van der Waals surface area contributed by atoms with Crippen molar-refractivity contribution in [1.82, 2.24) is 4.98 Å². The highest BCUT2D eigenvalue weighted by Gasteiger charge is 2.18. The van der Waals surface area contributed by atoms with Gasteiger partial charge in [-0.05, 0) is 0 Å². The number of pyridine rings is 1. The van der Waals surface area contributed by atoms with Crippen LogP contribution in [0.1, 0.15) is 12.1 Å². The first-order chi connectivity index (χ1) is 7.91. The van der Waals surface area contributed by atoms with Crippen molar-refractivity contribution in [2.75, 3.05) is 0 Å². The first kappa shape index (κ1) is 11.6. The lowest BCUT2D eigenvalue weighted by Gasteiger charge is -2.05. The van der Waals surface area contributed by atoms with E-state index in [0.29, 0.717) is 12.1 Å². The Bertz CT molecular complexity index is 649. The monoisotopic (exact) mass is 249 g/mol. The third-order valence-corrected chi connectivity index (χ3v) is 2.21. The Balaban J connectivity index is 2.92. The van der Waals surface area contributed by atoms with Gasteiger partial charge in [0, 0.05) is 12.1 Å². The Morgan fingerprint density at radius 3 is 2.29 bits per heavy atom. The number of halogens is 5. The molecule has 7 heteroatoms. The van der Waals surface area contributed by atoms with E-state index in [9.17, 15) is 26.7 Å². The number of aromatic amines is 1. The molecule has 2 rings (SSSR count). The topological polar surface area (TPSA) is 32.9 Å². The number of aromatic nitrogens is 1. The van der Waals surface area contributed by atoms with Gasteiger partial charge in [-0.3, -0.25) is 4.79 Å². The summed E-state index contributed by atoms with van der Waals surface area (Å²) in [5, 5.41) is -0.784. The second-order valence-electron chi connectivity index (χ2n) is 3.30. The Morgan fingerprint density at radius 1 is 1.06 bits per heavy atom. The van der Waals surface area contributed by atoms with Gasteiger partial charge in [-0.2, -0.15) is 0 Å². The van der Waals surface area contributed by atoms with Gasteiger partial charge in [0.05, 0.1) is 16.6 Å². The summed E-state index contributed by atoms with van der Waals surface area (Å²) in [5.74, 6) is -5.06. The quantitative estimate of drug-likeness (QED) is 0.611. The zero-order valence-corrected chi connectivity index (χ0v) is 8.03. The fraction of sp³-hybridized carbons (Fsp3) is 0.100. The number of rotatable bonds is 1. The Kier molecular flexibility index (Phi) is 2.60. The van der Waals surface area contributed by atoms with Crippen LogP contribution in [0.25, 0.3) is 10.9 Å². The van der Waals surface area contributed by atoms with E-state index in [-0.39, 0.29) is 0 Å². The van der Waals surface area contributed by atoms with Crippen molar-refractivity contribution in [2.45, 2.75) is 6.43 Å². The number of benzene rings is 1. The molecule has 0 fully saturated rings. The molecule has 0 bridgehead atoms. The summed E-state index contributed by atoms with van der Waals surface area (Å²) in [5.41, 5.74) is -2.43. The summed E-state index contributed by atoms with van der Waals surface area (Å²) in [4.78, 5) is 13.3. The van der Waals surface area contributed by atoms with E-state index in [2.05, 4.69) is 0 Å². The molecule has 0 radical (unpaired) electrons. The van der Waals surface area contributed by atoms with E-state index in [4.69, 9.17) is 0 Å². The molecule has 17 heavy (non-hydrogen) atoms. The predicted octanol–water partition coefficient (Wildman–Crippen LogP) is 2.88. The SMILES string of the molecule is O=c1cc(C(F)F)[nH]c2cc(F)c(F)c(F)c12. The molecule has 0 saturated heterocycles. The van der Waals surface area contributed by atoms with Gasteiger partial charge < -0.3 is 4.98 Å². The Hall–Kier alpha value is -1.92. The summed E-state index contributed by atoms with van der Waals surface area (Å²) in [7, 11) is 0. The van der Waals surface area contributed by atoms with Crippen molar-refractivity contribution in [2.24, 2.45) is 0 Å². The Labute approximate surface area is 90.7 Å². The molecule has 1 aromatic heterocycles. The molecule has 0 aliphatic rings. The van der Waals surface area contributed by atoms with Gasteiger partial charge in [-0.25, -0.2) is 22.0 Å². The van der Waals surface area contributed by atoms with Gasteiger partial charge in [0.1, 0.15) is 0 Å². The van der Waals surface area contributed by atoms with Gasteiger partial charge in [0.15, 0.2) is 22.9 Å². The van der Waals surface area contributed by atoms with Gasteiger partial charge in [-0.1, -0.05) is 0 Å². The van der Waals surface area contributed by atoms with Crippen molar-refractivity contribution in [3.63, 3.8) is 0 Å². The standard InChI is InChI=1S/C10H4F5NO/c11-3-1-4-7(9(13)8(3)12)6(17)2-5(16-4)10(14)15/h1-2,10H,(H,16,17). The predicted molar refractivity (Wildman–Crippen MR) is 49.4 cm³/mol. The number of hydrogen-bond acceptors (Lipinski definition) is 1. The fourth-order valence-electron chi connectivity index (χ4n) is 1.46. The highest BCUT2D eigenvalue weighted by atomic mass is 19.3. The van der Waals surface area contributed by atoms with Crippen LogP contribution in [0.5, 0.6) is 0 Å². The van der Waals surface area contributed by atoms with Crippen molar-refractivity contribution in [3.8, 4) is 0 Å². The van der Waals surface area contributed by atoms with Crippen LogP contribution in [0, 0.1) is 17.5 Å². The van der Waals surface area contributed by atoms with Crippen LogP contribution in [-0.2, 0) is 0 Å². The first-order valence-corrected chi connectivity index (χ1v) is 4.40. The maximum atomic E-state index is 13.2. The van der Waals surface area contributed by atoms with Crippen LogP contribution in [-0.4, -0.2) is 4.98 Å². The fourth-order valence-corrected chi connectivity index (χ4v) is 1.46. The van der Waals surface area contributed by atoms with Crippen LogP contribution in [0.3, 0.4) is 0 Å². The van der Waals surface area contributed by atoms with Crippen molar-refractivity contribution in [1.29, 1.82) is 0 Å². The van der Waals surface area contributed by atoms with E-state index < -0.39 is 45.9 Å². The van der Waals surface area contributed by atoms with Gasteiger partial charge >= 0.3 is 0 Å². The molecule has 1 N–H and O–H groups in total. The molecule has 2 aromatic rings. The Morgan fingerprint density at radius 2 is 1.71 bits per heavy atom. The van der Waals surface area contributed by atoms with Crippen molar-refractivity contribution in [3.05, 3.63) is 45.5 Å². The number of alkyl halides is 2. The van der Waals surface area contributed by atoms with Crippen LogP contribution in [0.15, 0.2) is 16.9 Å². The minimum absolute atomic E-state index is 0.452. The maximum absolute atomic E-state index is 13.2. The number of fused-ring (bicyclic) bond motifs is 1. The lowest BCUT2D eigenvalue weighted by molar-refractivity contribution is 0.146. The molecule has 0 aliphatic heterocycles. The zero-order chi connectivity index (χ0) is 12.7. The summed E-state index contributed by atoms with van der Waals surface area (Å²) >= 11 is 0. The molecule has 1 aromatic carbocycles. The third kappa shape index (κ3) is 1.77. The lowest BCUT2D eigenvalue weighted by atomic mass is 10.1. The van der Waals surface area contributed by atoms with Crippen LogP contribution in [0.4, 0.5) is 22.0 Å². The van der Waals surface area contributed by atoms with Gasteiger partial charge in [0.25, 0.3) is 6.43 Å². The molecule has 0 unspecified atom stereocenters. The summed E-state index contributed by atoms with van der Waals surface area (Å²) in [6.07, 6.45) is -3.00. The van der Waals surface area contributed by atoms with Gasteiger partial charge in [0.2, 0.25) is 0 Å². The van der Waals surface area contributed by atoms with E-state index >= 15 is 0 Å². The van der Waals surface area contributed by atoms with Crippen molar-refractivity contribution < 1.29 is 22.0 Å². The average Bonchev–Trinajstić information content (AvgIpc) is 2.25. The van der Waals surface area contributed by atoms with E-state index in [1.165, 1.54) is 0 Å². The molecule has 0 aliphatic carbocycles. The molecule has 0 saturated carbocycles. The van der Waals surface area contributed by atoms with Crippen molar-refractivity contribution >= 4 is 10.9 Å². The minimum Gasteiger partial charge on any atom is -0.353 e. The maximum Gasteiger partial charge on any atom is 0.278 e. The van der Waals surface area contributed by atoms with E-state index in [1.54, 1.807) is 0 Å². The molecule has 0 amide bonds. The number of H-pyrrole nitrogens is 1. The molecule has 1 heterocycles. The summed E-state index contributed by atoms with van der Waals surface area (Å²) < 4.78 is 63.6. The van der Waals surface area contributed by atoms with Crippen LogP contribution >= 0.6 is 0 Å². The molecule has 90 valence electrons. The zero-order valence-electron chi connectivity index (χ0n) is 8.03. The lowest BCUT2D eigenvalue weighted by Crippen LogP contribution is -2.09. The average molecular weight is 249 g/mol. The van der Waals surface area contributed by atoms with Crippen LogP contribution in [0.2, 0.25) is 0 Å². The highest BCUT2D eigenvalue weighted by Crippen LogP contribution is 2.22. The third-order valence-electron chi connectivity index (χ3n) is 2.21. The summed E-state index contributed by atoms with van der Waals surface area (Å²) in [6.45, 7) is 0. The second kappa shape index (κ2) is 3.83. The van der Waals surface area contributed by atoms with E-state index in [0.717, 1.165) is 0 Å². The number of nitrogens with one attached hydrogen (secondary N) is 1. The first-order valence-electron chi connectivity index (χ1n) is 4.40. The largest absolute Gasteiger partial charge is 0.353 e. The van der Waals surface area contributed by atoms with Gasteiger partial charge in [-0.15, -0.1) is 0 Å². The van der Waals surface area contributed by atoms with Crippen LogP contribution < -0.4 is 5.43 Å². The van der Waals surface area contributed by atoms with E-state index in [1.807, 2.05) is 4.98 Å². The molecular weight excluding hydrogens is 245 g/mol. The molecular formula is C10H4F5NO. The minimum atomic E-state index is -3.00. The molecule has 2 nitrogen and oxygen atoms in total. The normalized spacial score (nSPS) is 11.4. The summed E-state index contributed by atoms with van der Waals surface area (Å²) in [6, 6.07) is 0.911. The second-order valence-corrected chi connectivity index (χ2v) is 3.30. The molecule has 0 atom stereocenters. The number of hydrogen-bond donors (Lipinski definition) is 1. The molecule has 0 spiro atoms.